The van der Waals surface area contributed by atoms with Crippen LogP contribution in [0.5, 0.6) is 0 Å². The van der Waals surface area contributed by atoms with Crippen LogP contribution in [0.15, 0.2) is 23.1 Å². The molecule has 31 heavy (non-hydrogen) atoms. The van der Waals surface area contributed by atoms with Gasteiger partial charge >= 0.3 is 5.97 Å². The molecule has 0 aliphatic heterocycles. The zero-order chi connectivity index (χ0) is 23.2. The van der Waals surface area contributed by atoms with Crippen molar-refractivity contribution in [3.63, 3.8) is 0 Å². The topological polar surface area (TPSA) is 157 Å². The lowest BCUT2D eigenvalue weighted by atomic mass is 9.86. The Balaban J connectivity index is 1.93. The van der Waals surface area contributed by atoms with Gasteiger partial charge in [0.25, 0.3) is 11.6 Å². The maximum atomic E-state index is 12.4. The quantitative estimate of drug-likeness (QED) is 0.287. The van der Waals surface area contributed by atoms with E-state index in [1.807, 2.05) is 4.72 Å². The van der Waals surface area contributed by atoms with E-state index in [4.69, 9.17) is 4.74 Å². The number of esters is 1. The minimum absolute atomic E-state index is 0.0253. The minimum atomic E-state index is -4.21. The molecule has 2 rings (SSSR count). The number of anilines is 1. The molecule has 3 N–H and O–H groups in total. The summed E-state index contributed by atoms with van der Waals surface area (Å²) in [6.45, 7) is 2.75. The van der Waals surface area contributed by atoms with Gasteiger partial charge in [0.15, 0.2) is 6.10 Å². The van der Waals surface area contributed by atoms with Crippen LogP contribution >= 0.6 is 0 Å². The highest BCUT2D eigenvalue weighted by molar-refractivity contribution is 7.89. The molecule has 0 spiro atoms. The number of rotatable bonds is 9. The van der Waals surface area contributed by atoms with Gasteiger partial charge in [0.05, 0.1) is 9.82 Å². The number of nitrogens with zero attached hydrogens (tertiary/aromatic N) is 1. The predicted molar refractivity (Wildman–Crippen MR) is 113 cm³/mol. The summed E-state index contributed by atoms with van der Waals surface area (Å²) in [6, 6.07) is 3.34. The van der Waals surface area contributed by atoms with Gasteiger partial charge in [-0.15, -0.1) is 0 Å². The van der Waals surface area contributed by atoms with Crippen molar-refractivity contribution in [1.29, 1.82) is 0 Å². The number of ether oxygens (including phenoxy) is 1. The second kappa shape index (κ2) is 10.5. The summed E-state index contributed by atoms with van der Waals surface area (Å²) in [5, 5.41) is 16.6. The summed E-state index contributed by atoms with van der Waals surface area (Å²) < 4.78 is 31.8. The van der Waals surface area contributed by atoms with Gasteiger partial charge in [-0.1, -0.05) is 19.8 Å². The molecule has 1 aromatic carbocycles. The predicted octanol–water partition coefficient (Wildman–Crippen LogP) is 1.54. The number of hydrogen-bond acceptors (Lipinski definition) is 8. The van der Waals surface area contributed by atoms with Crippen molar-refractivity contribution in [2.24, 2.45) is 5.92 Å². The molecule has 12 heteroatoms. The fraction of sp³-hybridized carbons (Fsp3) is 0.579. The fourth-order valence-corrected chi connectivity index (χ4v) is 4.39. The number of amides is 1. The first kappa shape index (κ1) is 24.5. The Bertz CT molecular complexity index is 935. The first-order chi connectivity index (χ1) is 14.5. The van der Waals surface area contributed by atoms with Crippen LogP contribution in [-0.2, 0) is 24.3 Å². The summed E-state index contributed by atoms with van der Waals surface area (Å²) >= 11 is 0. The number of nitrogens with one attached hydrogen (secondary N) is 3. The second-order valence-corrected chi connectivity index (χ2v) is 9.29. The van der Waals surface area contributed by atoms with Crippen molar-refractivity contribution >= 4 is 33.3 Å². The van der Waals surface area contributed by atoms with Crippen molar-refractivity contribution in [3.05, 3.63) is 28.3 Å². The number of benzene rings is 1. The molecule has 1 saturated carbocycles. The number of sulfonamides is 1. The summed E-state index contributed by atoms with van der Waals surface area (Å²) in [4.78, 5) is 34.3. The third kappa shape index (κ3) is 6.62. The lowest BCUT2D eigenvalue weighted by molar-refractivity contribution is -0.384. The first-order valence-electron chi connectivity index (χ1n) is 10.0. The van der Waals surface area contributed by atoms with Gasteiger partial charge in [0.2, 0.25) is 10.0 Å². The second-order valence-electron chi connectivity index (χ2n) is 7.52. The molecule has 1 fully saturated rings. The number of nitro groups is 1. The number of nitro benzene ring substituents is 1. The Morgan fingerprint density at radius 2 is 1.97 bits per heavy atom. The average molecular weight is 457 g/mol. The summed E-state index contributed by atoms with van der Waals surface area (Å²) in [7, 11) is -2.74. The SMILES string of the molecule is CNc1ccc(S(=O)(=O)NCC(=O)OC(C)C(=O)NC2CCCCC2C)cc1[N+](=O)[O-]. The van der Waals surface area contributed by atoms with E-state index < -0.39 is 45.2 Å². The van der Waals surface area contributed by atoms with Crippen LogP contribution in [0.25, 0.3) is 0 Å². The van der Waals surface area contributed by atoms with E-state index in [2.05, 4.69) is 17.6 Å². The molecule has 172 valence electrons. The zero-order valence-electron chi connectivity index (χ0n) is 17.7. The standard InChI is InChI=1S/C19H28N4O7S/c1-12-6-4-5-7-15(12)22-19(25)13(2)30-18(24)11-21-31(28,29)14-8-9-16(20-3)17(10-14)23(26)27/h8-10,12-13,15,20-21H,4-7,11H2,1-3H3,(H,22,25). The lowest BCUT2D eigenvalue weighted by Gasteiger charge is -2.30. The molecule has 3 atom stereocenters. The molecule has 0 bridgehead atoms. The van der Waals surface area contributed by atoms with Gasteiger partial charge in [-0.2, -0.15) is 4.72 Å². The van der Waals surface area contributed by atoms with Gasteiger partial charge in [-0.25, -0.2) is 8.42 Å². The van der Waals surface area contributed by atoms with Gasteiger partial charge in [-0.05, 0) is 37.8 Å². The van der Waals surface area contributed by atoms with Gasteiger partial charge in [0.1, 0.15) is 12.2 Å². The van der Waals surface area contributed by atoms with Crippen molar-refractivity contribution in [2.45, 2.75) is 56.6 Å². The molecule has 1 aliphatic rings. The molecule has 0 aromatic heterocycles. The lowest BCUT2D eigenvalue weighted by Crippen LogP contribution is -2.46. The smallest absolute Gasteiger partial charge is 0.321 e. The zero-order valence-corrected chi connectivity index (χ0v) is 18.5. The highest BCUT2D eigenvalue weighted by Crippen LogP contribution is 2.27. The molecule has 1 aliphatic carbocycles. The van der Waals surface area contributed by atoms with Crippen molar-refractivity contribution in [1.82, 2.24) is 10.0 Å². The Kier molecular flexibility index (Phi) is 8.34. The Hall–Kier alpha value is -2.73. The van der Waals surface area contributed by atoms with E-state index in [1.165, 1.54) is 26.1 Å². The van der Waals surface area contributed by atoms with E-state index in [0.29, 0.717) is 5.92 Å². The van der Waals surface area contributed by atoms with Crippen molar-refractivity contribution in [3.8, 4) is 0 Å². The number of carbonyl (C=O) groups is 2. The number of carbonyl (C=O) groups excluding carboxylic acids is 2. The molecule has 11 nitrogen and oxygen atoms in total. The largest absolute Gasteiger partial charge is 0.452 e. The third-order valence-corrected chi connectivity index (χ3v) is 6.67. The molecular weight excluding hydrogens is 428 g/mol. The van der Waals surface area contributed by atoms with Crippen LogP contribution in [0.4, 0.5) is 11.4 Å². The van der Waals surface area contributed by atoms with E-state index >= 15 is 0 Å². The van der Waals surface area contributed by atoms with Crippen LogP contribution in [0.2, 0.25) is 0 Å². The normalized spacial score (nSPS) is 19.8. The van der Waals surface area contributed by atoms with E-state index in [1.54, 1.807) is 0 Å². The highest BCUT2D eigenvalue weighted by atomic mass is 32.2. The minimum Gasteiger partial charge on any atom is -0.452 e. The van der Waals surface area contributed by atoms with Gasteiger partial charge in [0, 0.05) is 19.2 Å². The van der Waals surface area contributed by atoms with E-state index in [9.17, 15) is 28.1 Å². The third-order valence-electron chi connectivity index (χ3n) is 5.27. The highest BCUT2D eigenvalue weighted by Gasteiger charge is 2.27. The molecule has 1 amide bonds. The van der Waals surface area contributed by atoms with Crippen molar-refractivity contribution in [2.75, 3.05) is 18.9 Å². The number of hydrogen-bond donors (Lipinski definition) is 3. The molecule has 1 aromatic rings. The van der Waals surface area contributed by atoms with Gasteiger partial charge < -0.3 is 15.4 Å². The molecular formula is C19H28N4O7S. The Morgan fingerprint density at radius 1 is 1.29 bits per heavy atom. The average Bonchev–Trinajstić information content (AvgIpc) is 2.73. The summed E-state index contributed by atoms with van der Waals surface area (Å²) in [5.74, 6) is -1.04. The van der Waals surface area contributed by atoms with Crippen LogP contribution in [-0.4, -0.2) is 51.0 Å². The monoisotopic (exact) mass is 456 g/mol. The molecule has 0 heterocycles. The van der Waals surface area contributed by atoms with Crippen LogP contribution in [0, 0.1) is 16.0 Å². The Morgan fingerprint density at radius 3 is 2.58 bits per heavy atom. The summed E-state index contributed by atoms with van der Waals surface area (Å²) in [6.07, 6.45) is 2.96. The van der Waals surface area contributed by atoms with E-state index in [-0.39, 0.29) is 16.6 Å². The molecule has 0 saturated heterocycles. The van der Waals surface area contributed by atoms with Crippen LogP contribution in [0.3, 0.4) is 0 Å². The van der Waals surface area contributed by atoms with Crippen LogP contribution in [0.1, 0.15) is 39.5 Å². The first-order valence-corrected chi connectivity index (χ1v) is 11.5. The maximum absolute atomic E-state index is 12.4. The van der Waals surface area contributed by atoms with Crippen LogP contribution < -0.4 is 15.4 Å². The van der Waals surface area contributed by atoms with E-state index in [0.717, 1.165) is 31.7 Å². The molecule has 0 radical (unpaired) electrons. The van der Waals surface area contributed by atoms with Crippen molar-refractivity contribution < 1.29 is 27.7 Å². The fourth-order valence-electron chi connectivity index (χ4n) is 3.40. The molecule has 3 unspecified atom stereocenters. The summed E-state index contributed by atoms with van der Waals surface area (Å²) in [5.41, 5.74) is -0.273. The Labute approximate surface area is 181 Å². The maximum Gasteiger partial charge on any atom is 0.321 e. The van der Waals surface area contributed by atoms with Gasteiger partial charge in [-0.3, -0.25) is 19.7 Å².